The van der Waals surface area contributed by atoms with E-state index in [1.54, 1.807) is 0 Å². The molecular weight excluding hydrogens is 328 g/mol. The van der Waals surface area contributed by atoms with E-state index in [9.17, 15) is 8.78 Å². The molecule has 2 unspecified atom stereocenters. The highest BCUT2D eigenvalue weighted by Crippen LogP contribution is 2.53. The van der Waals surface area contributed by atoms with Gasteiger partial charge in [0.05, 0.1) is 4.47 Å². The largest absolute Gasteiger partial charge is 0.485 e. The summed E-state index contributed by atoms with van der Waals surface area (Å²) in [7, 11) is 0. The molecule has 2 N–H and O–H groups in total. The van der Waals surface area contributed by atoms with E-state index in [-0.39, 0.29) is 23.3 Å². The number of hydrogen-bond donors (Lipinski definition) is 1. The van der Waals surface area contributed by atoms with E-state index in [0.29, 0.717) is 4.47 Å². The molecule has 0 heterocycles. The lowest BCUT2D eigenvalue weighted by molar-refractivity contribution is -0.0915. The van der Waals surface area contributed by atoms with Crippen molar-refractivity contribution in [3.63, 3.8) is 0 Å². The molecule has 0 bridgehead atoms. The van der Waals surface area contributed by atoms with Crippen molar-refractivity contribution >= 4 is 15.9 Å². The Morgan fingerprint density at radius 1 is 1.20 bits per heavy atom. The van der Waals surface area contributed by atoms with E-state index < -0.39 is 11.6 Å². The van der Waals surface area contributed by atoms with Crippen molar-refractivity contribution in [3.05, 3.63) is 28.2 Å². The van der Waals surface area contributed by atoms with Gasteiger partial charge in [0.15, 0.2) is 11.6 Å². The van der Waals surface area contributed by atoms with Crippen LogP contribution in [0, 0.1) is 17.0 Å². The van der Waals surface area contributed by atoms with Gasteiger partial charge in [-0.25, -0.2) is 8.78 Å². The predicted molar refractivity (Wildman–Crippen MR) is 76.6 cm³/mol. The van der Waals surface area contributed by atoms with Crippen LogP contribution in [0.1, 0.15) is 38.5 Å². The maximum Gasteiger partial charge on any atom is 0.169 e. The summed E-state index contributed by atoms with van der Waals surface area (Å²) < 4.78 is 33.1. The first-order valence-electron chi connectivity index (χ1n) is 7.10. The molecule has 0 aliphatic heterocycles. The van der Waals surface area contributed by atoms with Gasteiger partial charge in [-0.3, -0.25) is 0 Å². The van der Waals surface area contributed by atoms with Gasteiger partial charge < -0.3 is 10.5 Å². The van der Waals surface area contributed by atoms with E-state index in [4.69, 9.17) is 10.5 Å². The molecule has 1 aromatic carbocycles. The summed E-state index contributed by atoms with van der Waals surface area (Å²) in [4.78, 5) is 0. The monoisotopic (exact) mass is 345 g/mol. The molecule has 2 nitrogen and oxygen atoms in total. The molecule has 0 aromatic heterocycles. The van der Waals surface area contributed by atoms with Gasteiger partial charge in [0.1, 0.15) is 11.9 Å². The van der Waals surface area contributed by atoms with Crippen molar-refractivity contribution in [3.8, 4) is 5.75 Å². The fourth-order valence-electron chi connectivity index (χ4n) is 3.63. The van der Waals surface area contributed by atoms with Crippen LogP contribution in [-0.4, -0.2) is 12.1 Å². The third-order valence-electron chi connectivity index (χ3n) is 4.86. The van der Waals surface area contributed by atoms with E-state index in [1.165, 1.54) is 12.5 Å². The summed E-state index contributed by atoms with van der Waals surface area (Å²) >= 11 is 3.17. The first-order chi connectivity index (χ1) is 9.53. The van der Waals surface area contributed by atoms with Crippen LogP contribution in [0.25, 0.3) is 0 Å². The maximum atomic E-state index is 13.9. The molecule has 0 radical (unpaired) electrons. The molecule has 5 heteroatoms. The third kappa shape index (κ3) is 2.25. The van der Waals surface area contributed by atoms with E-state index in [0.717, 1.165) is 38.2 Å². The van der Waals surface area contributed by atoms with Gasteiger partial charge in [-0.15, -0.1) is 0 Å². The van der Waals surface area contributed by atoms with Crippen LogP contribution < -0.4 is 10.5 Å². The number of halogens is 3. The van der Waals surface area contributed by atoms with Crippen LogP contribution in [0.4, 0.5) is 8.78 Å². The van der Waals surface area contributed by atoms with Crippen molar-refractivity contribution in [2.24, 2.45) is 11.1 Å². The smallest absolute Gasteiger partial charge is 0.169 e. The van der Waals surface area contributed by atoms with Crippen molar-refractivity contribution < 1.29 is 13.5 Å². The summed E-state index contributed by atoms with van der Waals surface area (Å²) in [6.45, 7) is 0. The Balaban J connectivity index is 1.82. The minimum absolute atomic E-state index is 0.0154. The molecule has 3 rings (SSSR count). The molecule has 2 aliphatic rings. The zero-order valence-corrected chi connectivity index (χ0v) is 12.8. The second kappa shape index (κ2) is 5.26. The molecule has 0 saturated heterocycles. The second-order valence-corrected chi connectivity index (χ2v) is 6.80. The zero-order chi connectivity index (χ0) is 14.3. The number of benzene rings is 1. The lowest BCUT2D eigenvalue weighted by Crippen LogP contribution is -2.64. The SMILES string of the molecule is NC1CC(Oc2c(F)cc(F)cc2Br)C12CCCCC2. The van der Waals surface area contributed by atoms with E-state index in [1.807, 2.05) is 0 Å². The van der Waals surface area contributed by atoms with Gasteiger partial charge in [-0.05, 0) is 34.8 Å². The molecule has 2 atom stereocenters. The van der Waals surface area contributed by atoms with Gasteiger partial charge in [-0.1, -0.05) is 19.3 Å². The normalized spacial score (nSPS) is 28.2. The second-order valence-electron chi connectivity index (χ2n) is 5.94. The Hall–Kier alpha value is -0.680. The molecular formula is C15H18BrF2NO. The molecule has 0 amide bonds. The first kappa shape index (κ1) is 14.3. The Labute approximate surface area is 125 Å². The van der Waals surface area contributed by atoms with E-state index >= 15 is 0 Å². The van der Waals surface area contributed by atoms with E-state index in [2.05, 4.69) is 15.9 Å². The highest BCUT2D eigenvalue weighted by atomic mass is 79.9. The average Bonchev–Trinajstić information content (AvgIpc) is 2.42. The molecule has 20 heavy (non-hydrogen) atoms. The number of ether oxygens (including phenoxy) is 1. The van der Waals surface area contributed by atoms with Crippen LogP contribution in [0.5, 0.6) is 5.75 Å². The number of nitrogens with two attached hydrogens (primary N) is 1. The lowest BCUT2D eigenvalue weighted by Gasteiger charge is -2.56. The quantitative estimate of drug-likeness (QED) is 0.873. The summed E-state index contributed by atoms with van der Waals surface area (Å²) in [5, 5.41) is 0. The minimum Gasteiger partial charge on any atom is -0.485 e. The van der Waals surface area contributed by atoms with Crippen molar-refractivity contribution in [1.29, 1.82) is 0 Å². The number of hydrogen-bond acceptors (Lipinski definition) is 2. The van der Waals surface area contributed by atoms with Crippen LogP contribution in [0.3, 0.4) is 0 Å². The molecule has 2 fully saturated rings. The zero-order valence-electron chi connectivity index (χ0n) is 11.2. The molecule has 1 spiro atoms. The standard InChI is InChI=1S/C15H18BrF2NO/c16-10-6-9(17)7-11(18)14(10)20-13-8-12(19)15(13)4-2-1-3-5-15/h6-7,12-13H,1-5,8,19H2. The molecule has 2 saturated carbocycles. The average molecular weight is 346 g/mol. The lowest BCUT2D eigenvalue weighted by atomic mass is 9.55. The Kier molecular flexibility index (Phi) is 3.75. The van der Waals surface area contributed by atoms with Crippen molar-refractivity contribution in [1.82, 2.24) is 0 Å². The summed E-state index contributed by atoms with van der Waals surface area (Å²) in [6.07, 6.45) is 6.30. The van der Waals surface area contributed by atoms with Gasteiger partial charge >= 0.3 is 0 Å². The highest BCUT2D eigenvalue weighted by Gasteiger charge is 2.55. The van der Waals surface area contributed by atoms with Crippen LogP contribution in [0.2, 0.25) is 0 Å². The molecule has 1 aromatic rings. The fourth-order valence-corrected chi connectivity index (χ4v) is 4.13. The molecule has 110 valence electrons. The van der Waals surface area contributed by atoms with Crippen LogP contribution >= 0.6 is 15.9 Å². The predicted octanol–water partition coefficient (Wildman–Crippen LogP) is 4.16. The topological polar surface area (TPSA) is 35.2 Å². The highest BCUT2D eigenvalue weighted by molar-refractivity contribution is 9.10. The number of rotatable bonds is 2. The van der Waals surface area contributed by atoms with Gasteiger partial charge in [0.2, 0.25) is 0 Å². The van der Waals surface area contributed by atoms with Crippen molar-refractivity contribution in [2.75, 3.05) is 0 Å². The van der Waals surface area contributed by atoms with Crippen LogP contribution in [-0.2, 0) is 0 Å². The Bertz CT molecular complexity index is 494. The Morgan fingerprint density at radius 3 is 2.50 bits per heavy atom. The molecule has 2 aliphatic carbocycles. The van der Waals surface area contributed by atoms with Crippen LogP contribution in [0.15, 0.2) is 16.6 Å². The van der Waals surface area contributed by atoms with Gasteiger partial charge in [-0.2, -0.15) is 0 Å². The van der Waals surface area contributed by atoms with Gasteiger partial charge in [0.25, 0.3) is 0 Å². The maximum absolute atomic E-state index is 13.9. The first-order valence-corrected chi connectivity index (χ1v) is 7.89. The summed E-state index contributed by atoms with van der Waals surface area (Å²) in [6, 6.07) is 2.21. The third-order valence-corrected chi connectivity index (χ3v) is 5.44. The van der Waals surface area contributed by atoms with Crippen molar-refractivity contribution in [2.45, 2.75) is 50.7 Å². The summed E-state index contributed by atoms with van der Waals surface area (Å²) in [5.74, 6) is -1.17. The van der Waals surface area contributed by atoms with Gasteiger partial charge in [0, 0.05) is 23.9 Å². The summed E-state index contributed by atoms with van der Waals surface area (Å²) in [5.41, 5.74) is 6.17. The minimum atomic E-state index is -0.664. The Morgan fingerprint density at radius 2 is 1.90 bits per heavy atom. The fraction of sp³-hybridized carbons (Fsp3) is 0.600.